The van der Waals surface area contributed by atoms with E-state index in [0.29, 0.717) is 11.1 Å². The van der Waals surface area contributed by atoms with Crippen molar-refractivity contribution >= 4 is 30.1 Å². The summed E-state index contributed by atoms with van der Waals surface area (Å²) in [6, 6.07) is 9.76. The average molecular weight is 500 g/mol. The number of rotatable bonds is 7. The van der Waals surface area contributed by atoms with Crippen LogP contribution >= 0.6 is 0 Å². The SMILES string of the molecule is O=C(/C=C/c1ccc(O)c(O)c1)O[C@@H]1[C@H](O)C[C@@](O)(C(=O)O)C[C@H]1OC(=O)/C=C/c1cccc(O)c1. The van der Waals surface area contributed by atoms with Crippen LogP contribution in [-0.2, 0) is 23.9 Å². The van der Waals surface area contributed by atoms with Gasteiger partial charge in [0.2, 0.25) is 0 Å². The van der Waals surface area contributed by atoms with E-state index in [2.05, 4.69) is 0 Å². The average Bonchev–Trinajstić information content (AvgIpc) is 2.81. The first-order chi connectivity index (χ1) is 17.0. The van der Waals surface area contributed by atoms with Crippen LogP contribution in [0, 0.1) is 0 Å². The molecule has 3 rings (SSSR count). The zero-order valence-electron chi connectivity index (χ0n) is 18.7. The molecule has 0 heterocycles. The molecule has 0 unspecified atom stereocenters. The minimum atomic E-state index is -2.43. The van der Waals surface area contributed by atoms with Gasteiger partial charge in [0.25, 0.3) is 0 Å². The molecule has 1 fully saturated rings. The number of aliphatic carboxylic acids is 1. The number of aromatic hydroxyl groups is 3. The first-order valence-electron chi connectivity index (χ1n) is 10.7. The molecule has 0 aliphatic heterocycles. The number of phenols is 3. The summed E-state index contributed by atoms with van der Waals surface area (Å²) in [5.74, 6) is -4.39. The van der Waals surface area contributed by atoms with Crippen LogP contribution in [0.25, 0.3) is 12.2 Å². The third kappa shape index (κ3) is 6.62. The van der Waals surface area contributed by atoms with Crippen molar-refractivity contribution in [1.82, 2.24) is 0 Å². The number of hydrogen-bond acceptors (Lipinski definition) is 10. The lowest BCUT2D eigenvalue weighted by molar-refractivity contribution is -0.204. The molecule has 0 aromatic heterocycles. The molecule has 190 valence electrons. The van der Waals surface area contributed by atoms with Crippen LogP contribution in [0.4, 0.5) is 0 Å². The number of carbonyl (C=O) groups is 3. The Morgan fingerprint density at radius 1 is 0.861 bits per heavy atom. The van der Waals surface area contributed by atoms with E-state index < -0.39 is 60.4 Å². The quantitative estimate of drug-likeness (QED) is 0.183. The summed E-state index contributed by atoms with van der Waals surface area (Å²) in [5, 5.41) is 58.6. The molecule has 1 aliphatic carbocycles. The largest absolute Gasteiger partial charge is 0.508 e. The highest BCUT2D eigenvalue weighted by Crippen LogP contribution is 2.33. The molecule has 0 spiro atoms. The monoisotopic (exact) mass is 500 g/mol. The van der Waals surface area contributed by atoms with Crippen molar-refractivity contribution in [2.75, 3.05) is 0 Å². The maximum atomic E-state index is 12.4. The Bertz CT molecular complexity index is 1200. The lowest BCUT2D eigenvalue weighted by Gasteiger charge is -2.40. The maximum absolute atomic E-state index is 12.4. The summed E-state index contributed by atoms with van der Waals surface area (Å²) in [4.78, 5) is 36.3. The number of phenolic OH excluding ortho intramolecular Hbond substituents is 3. The van der Waals surface area contributed by atoms with Gasteiger partial charge in [-0.15, -0.1) is 0 Å². The highest BCUT2D eigenvalue weighted by molar-refractivity contribution is 5.88. The first-order valence-corrected chi connectivity index (χ1v) is 10.7. The van der Waals surface area contributed by atoms with Crippen LogP contribution < -0.4 is 0 Å². The molecule has 1 saturated carbocycles. The molecular formula is C25H24O11. The van der Waals surface area contributed by atoms with E-state index in [-0.39, 0.29) is 11.5 Å². The molecule has 2 aromatic rings. The molecule has 0 radical (unpaired) electrons. The van der Waals surface area contributed by atoms with Crippen molar-refractivity contribution in [2.24, 2.45) is 0 Å². The van der Waals surface area contributed by atoms with Crippen LogP contribution in [-0.4, -0.2) is 72.5 Å². The van der Waals surface area contributed by atoms with Gasteiger partial charge in [0, 0.05) is 25.0 Å². The van der Waals surface area contributed by atoms with Crippen LogP contribution in [0.3, 0.4) is 0 Å². The maximum Gasteiger partial charge on any atom is 0.335 e. The van der Waals surface area contributed by atoms with Gasteiger partial charge in [0.15, 0.2) is 23.2 Å². The van der Waals surface area contributed by atoms with Crippen molar-refractivity contribution < 1.29 is 54.5 Å². The van der Waals surface area contributed by atoms with Crippen molar-refractivity contribution in [2.45, 2.75) is 36.8 Å². The van der Waals surface area contributed by atoms with Gasteiger partial charge in [-0.25, -0.2) is 14.4 Å². The second kappa shape index (κ2) is 10.9. The number of carboxylic acids is 1. The third-order valence-corrected chi connectivity index (χ3v) is 5.44. The molecule has 11 nitrogen and oxygen atoms in total. The van der Waals surface area contributed by atoms with Crippen LogP contribution in [0.5, 0.6) is 17.2 Å². The Hall–Kier alpha value is -4.35. The Labute approximate surface area is 204 Å². The van der Waals surface area contributed by atoms with Crippen molar-refractivity contribution in [3.8, 4) is 17.2 Å². The zero-order valence-corrected chi connectivity index (χ0v) is 18.7. The minimum absolute atomic E-state index is 0.0324. The fourth-order valence-electron chi connectivity index (χ4n) is 3.64. The highest BCUT2D eigenvalue weighted by atomic mass is 16.6. The molecule has 6 N–H and O–H groups in total. The minimum Gasteiger partial charge on any atom is -0.508 e. The summed E-state index contributed by atoms with van der Waals surface area (Å²) < 4.78 is 10.4. The van der Waals surface area contributed by atoms with Gasteiger partial charge in [0.05, 0.1) is 6.10 Å². The molecule has 0 saturated heterocycles. The number of ether oxygens (including phenoxy) is 2. The number of carboxylic acid groups (broad SMARTS) is 1. The van der Waals surface area contributed by atoms with Gasteiger partial charge in [-0.05, 0) is 47.5 Å². The Kier molecular flexibility index (Phi) is 7.97. The van der Waals surface area contributed by atoms with Gasteiger partial charge in [-0.3, -0.25) is 0 Å². The third-order valence-electron chi connectivity index (χ3n) is 5.44. The second-order valence-corrected chi connectivity index (χ2v) is 8.20. The number of carbonyl (C=O) groups excluding carboxylic acids is 2. The lowest BCUT2D eigenvalue weighted by atomic mass is 9.79. The summed E-state index contributed by atoms with van der Waals surface area (Å²) in [6.45, 7) is 0. The van der Waals surface area contributed by atoms with Crippen molar-refractivity contribution in [3.63, 3.8) is 0 Å². The Morgan fingerprint density at radius 2 is 1.50 bits per heavy atom. The number of benzene rings is 2. The van der Waals surface area contributed by atoms with Gasteiger partial charge >= 0.3 is 17.9 Å². The van der Waals surface area contributed by atoms with Gasteiger partial charge in [0.1, 0.15) is 11.9 Å². The number of aliphatic hydroxyl groups is 2. The molecule has 0 bridgehead atoms. The zero-order chi connectivity index (χ0) is 26.5. The van der Waals surface area contributed by atoms with E-state index in [1.807, 2.05) is 0 Å². The second-order valence-electron chi connectivity index (χ2n) is 8.20. The molecule has 2 aromatic carbocycles. The van der Waals surface area contributed by atoms with E-state index in [1.165, 1.54) is 42.5 Å². The molecule has 0 amide bonds. The van der Waals surface area contributed by atoms with Crippen molar-refractivity contribution in [1.29, 1.82) is 0 Å². The lowest BCUT2D eigenvalue weighted by Crippen LogP contribution is -2.58. The van der Waals surface area contributed by atoms with Gasteiger partial charge < -0.3 is 40.1 Å². The Morgan fingerprint density at radius 3 is 2.11 bits per heavy atom. The van der Waals surface area contributed by atoms with E-state index in [4.69, 9.17) is 9.47 Å². The molecule has 4 atom stereocenters. The number of hydrogen-bond donors (Lipinski definition) is 6. The van der Waals surface area contributed by atoms with E-state index in [1.54, 1.807) is 12.1 Å². The standard InChI is InChI=1S/C25H24O11/c26-16-3-1-2-14(10-16)5-8-21(30)35-20-13-25(34,24(32)33)12-19(29)23(20)36-22(31)9-6-15-4-7-17(27)18(28)11-15/h1-11,19-20,23,26-29,34H,12-13H2,(H,32,33)/b8-5+,9-6+/t19-,20-,23-,25+/m1/s1. The van der Waals surface area contributed by atoms with Crippen molar-refractivity contribution in [3.05, 3.63) is 65.7 Å². The fraction of sp³-hybridized carbons (Fsp3) is 0.240. The molecule has 1 aliphatic rings. The molecule has 11 heteroatoms. The summed E-state index contributed by atoms with van der Waals surface area (Å²) >= 11 is 0. The highest BCUT2D eigenvalue weighted by Gasteiger charge is 2.52. The molecular weight excluding hydrogens is 476 g/mol. The Balaban J connectivity index is 1.75. The van der Waals surface area contributed by atoms with Crippen LogP contribution in [0.1, 0.15) is 24.0 Å². The predicted octanol–water partition coefficient (Wildman–Crippen LogP) is 1.32. The number of esters is 2. The molecule has 36 heavy (non-hydrogen) atoms. The summed E-state index contributed by atoms with van der Waals surface area (Å²) in [7, 11) is 0. The van der Waals surface area contributed by atoms with Gasteiger partial charge in [-0.2, -0.15) is 0 Å². The number of aliphatic hydroxyl groups excluding tert-OH is 1. The van der Waals surface area contributed by atoms with E-state index in [0.717, 1.165) is 12.2 Å². The topological polar surface area (TPSA) is 191 Å². The van der Waals surface area contributed by atoms with E-state index >= 15 is 0 Å². The fourth-order valence-corrected chi connectivity index (χ4v) is 3.64. The predicted molar refractivity (Wildman–Crippen MR) is 124 cm³/mol. The first kappa shape index (κ1) is 26.3. The smallest absolute Gasteiger partial charge is 0.335 e. The van der Waals surface area contributed by atoms with Gasteiger partial charge in [-0.1, -0.05) is 18.2 Å². The summed E-state index contributed by atoms with van der Waals surface area (Å²) in [5.41, 5.74) is -1.63. The normalized spacial score (nSPS) is 24.0. The van der Waals surface area contributed by atoms with Crippen LogP contribution in [0.2, 0.25) is 0 Å². The van der Waals surface area contributed by atoms with Crippen LogP contribution in [0.15, 0.2) is 54.6 Å². The summed E-state index contributed by atoms with van der Waals surface area (Å²) in [6.07, 6.45) is -1.49. The van der Waals surface area contributed by atoms with E-state index in [9.17, 15) is 45.0 Å².